The van der Waals surface area contributed by atoms with Gasteiger partial charge >= 0.3 is 0 Å². The van der Waals surface area contributed by atoms with Crippen molar-refractivity contribution >= 4 is 23.3 Å². The van der Waals surface area contributed by atoms with Crippen LogP contribution in [0.15, 0.2) is 12.3 Å². The second kappa shape index (κ2) is 6.64. The molecule has 1 rings (SSSR count). The van der Waals surface area contributed by atoms with Crippen molar-refractivity contribution in [2.45, 2.75) is 19.9 Å². The summed E-state index contributed by atoms with van der Waals surface area (Å²) in [7, 11) is 1.57. The van der Waals surface area contributed by atoms with Crippen LogP contribution in [0.2, 0.25) is 0 Å². The molecule has 0 fully saturated rings. The molecule has 0 spiro atoms. The molecule has 0 saturated heterocycles. The number of hydrogen-bond donors (Lipinski definition) is 3. The van der Waals surface area contributed by atoms with Gasteiger partial charge in [0, 0.05) is 13.1 Å². The fourth-order valence-electron chi connectivity index (χ4n) is 1.70. The molecule has 1 aromatic heterocycles. The van der Waals surface area contributed by atoms with Gasteiger partial charge in [-0.1, -0.05) is 13.8 Å². The minimum absolute atomic E-state index is 0.189. The van der Waals surface area contributed by atoms with Gasteiger partial charge in [-0.25, -0.2) is 4.98 Å². The predicted octanol–water partition coefficient (Wildman–Crippen LogP) is 0.271. The van der Waals surface area contributed by atoms with E-state index in [4.69, 9.17) is 5.73 Å². The third-order valence-electron chi connectivity index (χ3n) is 2.84. The van der Waals surface area contributed by atoms with Crippen LogP contribution in [-0.4, -0.2) is 34.8 Å². The lowest BCUT2D eigenvalue weighted by Crippen LogP contribution is -2.47. The van der Waals surface area contributed by atoms with Crippen molar-refractivity contribution in [3.63, 3.8) is 0 Å². The van der Waals surface area contributed by atoms with Crippen LogP contribution in [0.1, 0.15) is 24.2 Å². The van der Waals surface area contributed by atoms with Crippen LogP contribution in [0, 0.1) is 16.0 Å². The van der Waals surface area contributed by atoms with E-state index in [1.165, 1.54) is 6.07 Å². The highest BCUT2D eigenvalue weighted by Gasteiger charge is 2.27. The first-order valence-corrected chi connectivity index (χ1v) is 6.20. The minimum Gasteiger partial charge on any atom is -0.373 e. The lowest BCUT2D eigenvalue weighted by molar-refractivity contribution is -0.385. The monoisotopic (exact) mass is 295 g/mol. The molecule has 2 amide bonds. The summed E-state index contributed by atoms with van der Waals surface area (Å²) < 4.78 is 0. The zero-order valence-corrected chi connectivity index (χ0v) is 11.9. The number of amides is 2. The summed E-state index contributed by atoms with van der Waals surface area (Å²) >= 11 is 0. The fourth-order valence-corrected chi connectivity index (χ4v) is 1.70. The molecule has 0 saturated carbocycles. The van der Waals surface area contributed by atoms with Crippen LogP contribution in [0.3, 0.4) is 0 Å². The second-order valence-electron chi connectivity index (χ2n) is 4.69. The SMILES string of the molecule is CNc1cc(C(=O)NC(C(N)=O)C(C)C)c([N+](=O)[O-])cn1. The number of anilines is 1. The van der Waals surface area contributed by atoms with E-state index < -0.39 is 28.5 Å². The molecule has 1 unspecified atom stereocenters. The third-order valence-corrected chi connectivity index (χ3v) is 2.84. The summed E-state index contributed by atoms with van der Waals surface area (Å²) in [6, 6.07) is 0.328. The molecular weight excluding hydrogens is 278 g/mol. The van der Waals surface area contributed by atoms with Crippen LogP contribution in [0.25, 0.3) is 0 Å². The lowest BCUT2D eigenvalue weighted by atomic mass is 10.0. The van der Waals surface area contributed by atoms with Gasteiger partial charge in [-0.2, -0.15) is 0 Å². The Morgan fingerprint density at radius 3 is 2.48 bits per heavy atom. The van der Waals surface area contributed by atoms with E-state index in [0.29, 0.717) is 5.82 Å². The van der Waals surface area contributed by atoms with E-state index in [9.17, 15) is 19.7 Å². The van der Waals surface area contributed by atoms with Gasteiger partial charge in [0.1, 0.15) is 23.6 Å². The number of rotatable bonds is 6. The molecule has 0 radical (unpaired) electrons. The van der Waals surface area contributed by atoms with Crippen LogP contribution in [-0.2, 0) is 4.79 Å². The number of nitrogens with zero attached hydrogens (tertiary/aromatic N) is 2. The summed E-state index contributed by atoms with van der Waals surface area (Å²) in [5, 5.41) is 16.0. The second-order valence-corrected chi connectivity index (χ2v) is 4.69. The highest BCUT2D eigenvalue weighted by Crippen LogP contribution is 2.20. The Morgan fingerprint density at radius 1 is 1.43 bits per heavy atom. The molecule has 0 bridgehead atoms. The average molecular weight is 295 g/mol. The van der Waals surface area contributed by atoms with Crippen molar-refractivity contribution < 1.29 is 14.5 Å². The molecule has 9 nitrogen and oxygen atoms in total. The first kappa shape index (κ1) is 16.3. The summed E-state index contributed by atoms with van der Waals surface area (Å²) in [6.07, 6.45) is 0.982. The summed E-state index contributed by atoms with van der Waals surface area (Å²) in [5.41, 5.74) is 4.57. The molecule has 1 aromatic rings. The number of nitrogens with one attached hydrogen (secondary N) is 2. The summed E-state index contributed by atoms with van der Waals surface area (Å²) in [4.78, 5) is 37.5. The van der Waals surface area contributed by atoms with Gasteiger partial charge in [-0.3, -0.25) is 19.7 Å². The Hall–Kier alpha value is -2.71. The Labute approximate surface area is 121 Å². The maximum Gasteiger partial charge on any atom is 0.300 e. The number of pyridine rings is 1. The molecule has 0 aliphatic heterocycles. The fraction of sp³-hybridized carbons (Fsp3) is 0.417. The molecule has 21 heavy (non-hydrogen) atoms. The number of hydrogen-bond acceptors (Lipinski definition) is 6. The molecule has 114 valence electrons. The maximum absolute atomic E-state index is 12.2. The van der Waals surface area contributed by atoms with Gasteiger partial charge in [0.25, 0.3) is 11.6 Å². The highest BCUT2D eigenvalue weighted by atomic mass is 16.6. The molecular formula is C12H17N5O4. The van der Waals surface area contributed by atoms with Gasteiger partial charge in [-0.15, -0.1) is 0 Å². The number of nitrogens with two attached hydrogens (primary N) is 1. The number of primary amides is 1. The van der Waals surface area contributed by atoms with Crippen LogP contribution in [0.4, 0.5) is 11.5 Å². The average Bonchev–Trinajstić information content (AvgIpc) is 2.42. The van der Waals surface area contributed by atoms with E-state index in [0.717, 1.165) is 6.20 Å². The van der Waals surface area contributed by atoms with Crippen LogP contribution in [0.5, 0.6) is 0 Å². The number of carbonyl (C=O) groups excluding carboxylic acids is 2. The zero-order valence-electron chi connectivity index (χ0n) is 11.9. The predicted molar refractivity (Wildman–Crippen MR) is 75.7 cm³/mol. The van der Waals surface area contributed by atoms with E-state index in [2.05, 4.69) is 15.6 Å². The Morgan fingerprint density at radius 2 is 2.05 bits per heavy atom. The maximum atomic E-state index is 12.2. The van der Waals surface area contributed by atoms with Gasteiger partial charge in [-0.05, 0) is 5.92 Å². The van der Waals surface area contributed by atoms with Crippen molar-refractivity contribution in [2.75, 3.05) is 12.4 Å². The van der Waals surface area contributed by atoms with Gasteiger partial charge in [0.15, 0.2) is 0 Å². The molecule has 0 aromatic carbocycles. The van der Waals surface area contributed by atoms with Crippen LogP contribution >= 0.6 is 0 Å². The molecule has 1 atom stereocenters. The van der Waals surface area contributed by atoms with Crippen molar-refractivity contribution in [1.29, 1.82) is 0 Å². The molecule has 0 aliphatic rings. The molecule has 9 heteroatoms. The van der Waals surface area contributed by atoms with E-state index >= 15 is 0 Å². The third kappa shape index (κ3) is 3.88. The molecule has 1 heterocycles. The normalized spacial score (nSPS) is 11.8. The Kier molecular flexibility index (Phi) is 5.17. The first-order valence-electron chi connectivity index (χ1n) is 6.20. The summed E-state index contributed by atoms with van der Waals surface area (Å²) in [6.45, 7) is 3.41. The molecule has 4 N–H and O–H groups in total. The topological polar surface area (TPSA) is 140 Å². The highest BCUT2D eigenvalue weighted by molar-refractivity contribution is 6.01. The van der Waals surface area contributed by atoms with Crippen molar-refractivity contribution in [3.05, 3.63) is 27.9 Å². The van der Waals surface area contributed by atoms with Crippen molar-refractivity contribution in [2.24, 2.45) is 11.7 Å². The smallest absolute Gasteiger partial charge is 0.300 e. The molecule has 0 aliphatic carbocycles. The zero-order chi connectivity index (χ0) is 16.2. The van der Waals surface area contributed by atoms with Gasteiger partial charge in [0.2, 0.25) is 5.91 Å². The largest absolute Gasteiger partial charge is 0.373 e. The van der Waals surface area contributed by atoms with Crippen LogP contribution < -0.4 is 16.4 Å². The van der Waals surface area contributed by atoms with Crippen molar-refractivity contribution in [1.82, 2.24) is 10.3 Å². The summed E-state index contributed by atoms with van der Waals surface area (Å²) in [5.74, 6) is -1.40. The lowest BCUT2D eigenvalue weighted by Gasteiger charge is -2.18. The number of carbonyl (C=O) groups is 2. The Balaban J connectivity index is 3.16. The number of nitro groups is 1. The van der Waals surface area contributed by atoms with Crippen molar-refractivity contribution in [3.8, 4) is 0 Å². The van der Waals surface area contributed by atoms with E-state index in [1.54, 1.807) is 20.9 Å². The van der Waals surface area contributed by atoms with E-state index in [-0.39, 0.29) is 11.5 Å². The first-order chi connectivity index (χ1) is 9.77. The minimum atomic E-state index is -0.914. The van der Waals surface area contributed by atoms with Gasteiger partial charge < -0.3 is 16.4 Å². The number of aromatic nitrogens is 1. The Bertz CT molecular complexity index is 573. The van der Waals surface area contributed by atoms with E-state index in [1.807, 2.05) is 0 Å². The van der Waals surface area contributed by atoms with Gasteiger partial charge in [0.05, 0.1) is 4.92 Å². The standard InChI is InChI=1S/C12H17N5O4/c1-6(2)10(11(13)18)16-12(19)7-4-9(14-3)15-5-8(7)17(20)21/h4-6,10H,1-3H3,(H2,13,18)(H,14,15)(H,16,19). The quantitative estimate of drug-likeness (QED) is 0.508.